The van der Waals surface area contributed by atoms with Crippen molar-refractivity contribution >= 4 is 60.0 Å². The number of benzene rings is 3. The van der Waals surface area contributed by atoms with Crippen LogP contribution in [-0.2, 0) is 0 Å². The van der Waals surface area contributed by atoms with Gasteiger partial charge >= 0.3 is 6.03 Å². The van der Waals surface area contributed by atoms with Crippen molar-refractivity contribution in [1.82, 2.24) is 0 Å². The number of hydrogen-bond donors (Lipinski definition) is 3. The average Bonchev–Trinajstić information content (AvgIpc) is 2.59. The highest BCUT2D eigenvalue weighted by Gasteiger charge is 2.14. The minimum atomic E-state index is -0.419. The van der Waals surface area contributed by atoms with Crippen LogP contribution in [0.1, 0.15) is 0 Å². The van der Waals surface area contributed by atoms with Crippen LogP contribution in [0.2, 0.25) is 0 Å². The van der Waals surface area contributed by atoms with Crippen LogP contribution < -0.4 is 15.4 Å². The van der Waals surface area contributed by atoms with E-state index in [2.05, 4.69) is 42.5 Å². The van der Waals surface area contributed by atoms with Crippen LogP contribution in [0.5, 0.6) is 11.5 Å². The molecule has 0 radical (unpaired) electrons. The second kappa shape index (κ2) is 7.33. The first kappa shape index (κ1) is 17.6. The maximum absolute atomic E-state index is 12.4. The number of ether oxygens (including phenoxy) is 1. The third-order valence-corrected chi connectivity index (χ3v) is 4.90. The van der Waals surface area contributed by atoms with Crippen LogP contribution in [0.3, 0.4) is 0 Å². The first-order valence-electron chi connectivity index (χ1n) is 7.31. The zero-order valence-corrected chi connectivity index (χ0v) is 16.3. The zero-order chi connectivity index (χ0) is 18.0. The predicted octanol–water partition coefficient (Wildman–Crippen LogP) is 5.72. The lowest BCUT2D eigenvalue weighted by molar-refractivity contribution is 0.262. The molecule has 0 atom stereocenters. The fraction of sp³-hybridized carbons (Fsp3) is 0.0556. The Labute approximate surface area is 161 Å². The van der Waals surface area contributed by atoms with Crippen molar-refractivity contribution in [1.29, 1.82) is 0 Å². The minimum absolute atomic E-state index is 0.116. The van der Waals surface area contributed by atoms with Crippen LogP contribution >= 0.6 is 31.9 Å². The number of rotatable bonds is 3. The SMILES string of the molecule is COc1ccccc1NC(=O)Nc1c(Br)cc(Br)c2ccc(O)cc12. The molecular weight excluding hydrogens is 452 g/mol. The van der Waals surface area contributed by atoms with Gasteiger partial charge in [0.2, 0.25) is 0 Å². The molecule has 0 aliphatic heterocycles. The number of para-hydroxylation sites is 2. The highest BCUT2D eigenvalue weighted by Crippen LogP contribution is 2.38. The monoisotopic (exact) mass is 464 g/mol. The van der Waals surface area contributed by atoms with Crippen molar-refractivity contribution < 1.29 is 14.6 Å². The normalized spacial score (nSPS) is 10.5. The number of nitrogens with one attached hydrogen (secondary N) is 2. The molecule has 0 bridgehead atoms. The van der Waals surface area contributed by atoms with E-state index in [1.165, 1.54) is 0 Å². The molecule has 0 aliphatic carbocycles. The van der Waals surface area contributed by atoms with E-state index in [4.69, 9.17) is 4.74 Å². The molecule has 0 aliphatic rings. The van der Waals surface area contributed by atoms with Crippen molar-refractivity contribution in [2.75, 3.05) is 17.7 Å². The fourth-order valence-corrected chi connectivity index (χ4v) is 3.90. The molecule has 0 saturated heterocycles. The van der Waals surface area contributed by atoms with Gasteiger partial charge in [-0.2, -0.15) is 0 Å². The maximum atomic E-state index is 12.4. The number of halogens is 2. The average molecular weight is 466 g/mol. The van der Waals surface area contributed by atoms with E-state index in [0.29, 0.717) is 27.0 Å². The van der Waals surface area contributed by atoms with Crippen molar-refractivity contribution in [3.8, 4) is 11.5 Å². The van der Waals surface area contributed by atoms with Gasteiger partial charge in [0.25, 0.3) is 0 Å². The Hall–Kier alpha value is -2.25. The minimum Gasteiger partial charge on any atom is -0.508 e. The predicted molar refractivity (Wildman–Crippen MR) is 107 cm³/mol. The fourth-order valence-electron chi connectivity index (χ4n) is 2.48. The molecular formula is C18H14Br2N2O3. The van der Waals surface area contributed by atoms with Crippen molar-refractivity contribution in [3.05, 3.63) is 57.5 Å². The number of amides is 2. The van der Waals surface area contributed by atoms with Gasteiger partial charge in [0.1, 0.15) is 11.5 Å². The lowest BCUT2D eigenvalue weighted by Gasteiger charge is -2.15. The van der Waals surface area contributed by atoms with E-state index in [9.17, 15) is 9.90 Å². The van der Waals surface area contributed by atoms with Crippen molar-refractivity contribution in [3.63, 3.8) is 0 Å². The third kappa shape index (κ3) is 3.72. The Kier molecular flexibility index (Phi) is 5.15. The third-order valence-electron chi connectivity index (χ3n) is 3.62. The quantitative estimate of drug-likeness (QED) is 0.463. The molecule has 0 saturated carbocycles. The maximum Gasteiger partial charge on any atom is 0.323 e. The van der Waals surface area contributed by atoms with Gasteiger partial charge in [0, 0.05) is 14.3 Å². The van der Waals surface area contributed by atoms with E-state index in [1.807, 2.05) is 12.1 Å². The van der Waals surface area contributed by atoms with Gasteiger partial charge in [-0.1, -0.05) is 28.1 Å². The van der Waals surface area contributed by atoms with Crippen LogP contribution in [-0.4, -0.2) is 18.2 Å². The molecule has 0 spiro atoms. The summed E-state index contributed by atoms with van der Waals surface area (Å²) in [6, 6.07) is 13.5. The van der Waals surface area contributed by atoms with Crippen molar-refractivity contribution in [2.24, 2.45) is 0 Å². The van der Waals surface area contributed by atoms with Gasteiger partial charge in [-0.3, -0.25) is 0 Å². The van der Waals surface area contributed by atoms with Gasteiger partial charge in [-0.25, -0.2) is 4.79 Å². The van der Waals surface area contributed by atoms with Gasteiger partial charge in [0.05, 0.1) is 18.5 Å². The summed E-state index contributed by atoms with van der Waals surface area (Å²) >= 11 is 6.94. The van der Waals surface area contributed by atoms with E-state index in [1.54, 1.807) is 43.5 Å². The van der Waals surface area contributed by atoms with Gasteiger partial charge in [-0.05, 0) is 57.7 Å². The lowest BCUT2D eigenvalue weighted by Crippen LogP contribution is -2.20. The highest BCUT2D eigenvalue weighted by atomic mass is 79.9. The summed E-state index contributed by atoms with van der Waals surface area (Å²) in [6.07, 6.45) is 0. The molecule has 0 heterocycles. The summed E-state index contributed by atoms with van der Waals surface area (Å²) in [5.41, 5.74) is 1.12. The second-order valence-corrected chi connectivity index (χ2v) is 6.93. The lowest BCUT2D eigenvalue weighted by atomic mass is 10.1. The van der Waals surface area contributed by atoms with Crippen molar-refractivity contribution in [2.45, 2.75) is 0 Å². The van der Waals surface area contributed by atoms with E-state index < -0.39 is 6.03 Å². The first-order valence-corrected chi connectivity index (χ1v) is 8.90. The number of anilines is 2. The Bertz CT molecular complexity index is 960. The van der Waals surface area contributed by atoms with Crippen LogP contribution in [0.15, 0.2) is 57.5 Å². The summed E-state index contributed by atoms with van der Waals surface area (Å²) in [5.74, 6) is 0.681. The Balaban J connectivity index is 1.95. The summed E-state index contributed by atoms with van der Waals surface area (Å²) in [7, 11) is 1.54. The molecule has 2 amide bonds. The number of carbonyl (C=O) groups excluding carboxylic acids is 1. The topological polar surface area (TPSA) is 70.6 Å². The molecule has 3 aromatic carbocycles. The molecule has 25 heavy (non-hydrogen) atoms. The summed E-state index contributed by atoms with van der Waals surface area (Å²) < 4.78 is 6.77. The number of carbonyl (C=O) groups is 1. The summed E-state index contributed by atoms with van der Waals surface area (Å²) in [6.45, 7) is 0. The molecule has 0 unspecified atom stereocenters. The van der Waals surface area contributed by atoms with E-state index in [-0.39, 0.29) is 5.75 Å². The molecule has 0 fully saturated rings. The number of aromatic hydroxyl groups is 1. The van der Waals surface area contributed by atoms with Gasteiger partial charge in [-0.15, -0.1) is 0 Å². The molecule has 3 N–H and O–H groups in total. The molecule has 3 aromatic rings. The molecule has 128 valence electrons. The number of methoxy groups -OCH3 is 1. The summed E-state index contributed by atoms with van der Waals surface area (Å²) in [4.78, 5) is 12.4. The number of phenolic OH excluding ortho intramolecular Hbond substituents is 1. The summed E-state index contributed by atoms with van der Waals surface area (Å²) in [5, 5.41) is 17.0. The standard InChI is InChI=1S/C18H14Br2N2O3/c1-25-16-5-3-2-4-15(16)21-18(24)22-17-12-8-10(23)6-7-11(12)13(19)9-14(17)20/h2-9,23H,1H3,(H2,21,22,24). The van der Waals surface area contributed by atoms with Crippen LogP contribution in [0.25, 0.3) is 10.8 Å². The largest absolute Gasteiger partial charge is 0.508 e. The van der Waals surface area contributed by atoms with E-state index in [0.717, 1.165) is 9.86 Å². The number of fused-ring (bicyclic) bond motifs is 1. The second-order valence-electron chi connectivity index (χ2n) is 5.22. The van der Waals surface area contributed by atoms with Crippen LogP contribution in [0, 0.1) is 0 Å². The highest BCUT2D eigenvalue weighted by molar-refractivity contribution is 9.11. The molecule has 3 rings (SSSR count). The number of urea groups is 1. The molecule has 7 heteroatoms. The van der Waals surface area contributed by atoms with Crippen LogP contribution in [0.4, 0.5) is 16.2 Å². The molecule has 0 aromatic heterocycles. The van der Waals surface area contributed by atoms with Gasteiger partial charge < -0.3 is 20.5 Å². The Morgan fingerprint density at radius 3 is 2.52 bits per heavy atom. The van der Waals surface area contributed by atoms with E-state index >= 15 is 0 Å². The molecule has 5 nitrogen and oxygen atoms in total. The number of hydrogen-bond acceptors (Lipinski definition) is 3. The zero-order valence-electron chi connectivity index (χ0n) is 13.1. The Morgan fingerprint density at radius 1 is 1.00 bits per heavy atom. The number of phenols is 1. The first-order chi connectivity index (χ1) is 12.0. The Morgan fingerprint density at radius 2 is 1.76 bits per heavy atom. The smallest absolute Gasteiger partial charge is 0.323 e. The van der Waals surface area contributed by atoms with Gasteiger partial charge in [0.15, 0.2) is 0 Å².